The predicted molar refractivity (Wildman–Crippen MR) is 76.8 cm³/mol. The number of anilines is 2. The zero-order valence-electron chi connectivity index (χ0n) is 10.7. The van der Waals surface area contributed by atoms with Crippen LogP contribution in [0.25, 0.3) is 11.3 Å². The summed E-state index contributed by atoms with van der Waals surface area (Å²) < 4.78 is 5.53. The summed E-state index contributed by atoms with van der Waals surface area (Å²) in [4.78, 5) is 8.63. The van der Waals surface area contributed by atoms with E-state index in [9.17, 15) is 0 Å². The average Bonchev–Trinajstić information content (AvgIpc) is 2.97. The van der Waals surface area contributed by atoms with Gasteiger partial charge in [0.1, 0.15) is 11.5 Å². The van der Waals surface area contributed by atoms with Crippen LogP contribution in [0.5, 0.6) is 0 Å². The Morgan fingerprint density at radius 2 is 2.21 bits per heavy atom. The first-order valence-corrected chi connectivity index (χ1v) is 6.80. The monoisotopic (exact) mass is 271 g/mol. The van der Waals surface area contributed by atoms with Crippen molar-refractivity contribution in [2.75, 3.05) is 5.32 Å². The fraction of sp³-hybridized carbons (Fsp3) is 0.143. The summed E-state index contributed by atoms with van der Waals surface area (Å²) in [6.45, 7) is 3.90. The normalized spacial score (nSPS) is 10.6. The topological polar surface area (TPSA) is 51.0 Å². The number of furan rings is 1. The molecule has 3 rings (SSSR count). The van der Waals surface area contributed by atoms with Gasteiger partial charge in [-0.05, 0) is 32.0 Å². The lowest BCUT2D eigenvalue weighted by molar-refractivity contribution is 0.505. The Kier molecular flexibility index (Phi) is 3.05. The van der Waals surface area contributed by atoms with E-state index in [1.807, 2.05) is 37.4 Å². The van der Waals surface area contributed by atoms with E-state index in [-0.39, 0.29) is 0 Å². The van der Waals surface area contributed by atoms with Crippen molar-refractivity contribution in [2.24, 2.45) is 0 Å². The van der Waals surface area contributed by atoms with Gasteiger partial charge >= 0.3 is 0 Å². The van der Waals surface area contributed by atoms with Crippen LogP contribution in [0.1, 0.15) is 11.5 Å². The van der Waals surface area contributed by atoms with E-state index in [0.29, 0.717) is 0 Å². The number of pyridine rings is 1. The summed E-state index contributed by atoms with van der Waals surface area (Å²) in [6, 6.07) is 5.86. The Labute approximate surface area is 115 Å². The minimum absolute atomic E-state index is 0.848. The highest BCUT2D eigenvalue weighted by atomic mass is 32.1. The number of hydrogen-bond donors (Lipinski definition) is 1. The van der Waals surface area contributed by atoms with Crippen LogP contribution in [-0.2, 0) is 0 Å². The molecule has 1 N–H and O–H groups in total. The predicted octanol–water partition coefficient (Wildman–Crippen LogP) is 4.16. The van der Waals surface area contributed by atoms with Gasteiger partial charge in [0.25, 0.3) is 0 Å². The lowest BCUT2D eigenvalue weighted by Gasteiger charge is -1.99. The van der Waals surface area contributed by atoms with E-state index in [4.69, 9.17) is 4.42 Å². The summed E-state index contributed by atoms with van der Waals surface area (Å²) in [5, 5.41) is 6.11. The maximum absolute atomic E-state index is 5.53. The second kappa shape index (κ2) is 4.85. The van der Waals surface area contributed by atoms with E-state index in [0.717, 1.165) is 33.6 Å². The summed E-state index contributed by atoms with van der Waals surface area (Å²) >= 11 is 1.57. The summed E-state index contributed by atoms with van der Waals surface area (Å²) in [6.07, 6.45) is 3.52. The van der Waals surface area contributed by atoms with E-state index in [1.165, 1.54) is 0 Å². The molecule has 4 nitrogen and oxygen atoms in total. The summed E-state index contributed by atoms with van der Waals surface area (Å²) in [5.74, 6) is 1.80. The molecule has 0 aliphatic carbocycles. The van der Waals surface area contributed by atoms with Crippen LogP contribution in [0.3, 0.4) is 0 Å². The van der Waals surface area contributed by atoms with Crippen LogP contribution in [0, 0.1) is 13.8 Å². The molecule has 3 heterocycles. The van der Waals surface area contributed by atoms with E-state index in [2.05, 4.69) is 15.3 Å². The van der Waals surface area contributed by atoms with E-state index < -0.39 is 0 Å². The lowest BCUT2D eigenvalue weighted by atomic mass is 10.2. The molecule has 96 valence electrons. The second-order valence-corrected chi connectivity index (χ2v) is 5.09. The Morgan fingerprint density at radius 3 is 2.89 bits per heavy atom. The number of aryl methyl sites for hydroxylation is 2. The van der Waals surface area contributed by atoms with Gasteiger partial charge in [-0.3, -0.25) is 4.98 Å². The molecule has 0 amide bonds. The number of thiazole rings is 1. The number of rotatable bonds is 3. The zero-order valence-corrected chi connectivity index (χ0v) is 11.5. The fourth-order valence-corrected chi connectivity index (χ4v) is 2.63. The number of aromatic nitrogens is 2. The molecule has 0 radical (unpaired) electrons. The molecular weight excluding hydrogens is 258 g/mol. The molecule has 5 heteroatoms. The summed E-state index contributed by atoms with van der Waals surface area (Å²) in [7, 11) is 0. The number of nitrogens with zero attached hydrogens (tertiary/aromatic N) is 2. The minimum atomic E-state index is 0.848. The highest BCUT2D eigenvalue weighted by molar-refractivity contribution is 7.14. The minimum Gasteiger partial charge on any atom is -0.466 e. The van der Waals surface area contributed by atoms with Crippen molar-refractivity contribution >= 4 is 22.2 Å². The SMILES string of the molecule is Cc1cc(-c2csc(Nc3cccnc3)n2)c(C)o1. The maximum Gasteiger partial charge on any atom is 0.187 e. The van der Waals surface area contributed by atoms with Gasteiger partial charge in [-0.2, -0.15) is 0 Å². The van der Waals surface area contributed by atoms with Gasteiger partial charge in [0.2, 0.25) is 0 Å². The van der Waals surface area contributed by atoms with Crippen molar-refractivity contribution in [1.29, 1.82) is 0 Å². The third-order valence-electron chi connectivity index (χ3n) is 2.73. The molecule has 0 fully saturated rings. The molecule has 0 saturated carbocycles. The van der Waals surface area contributed by atoms with Crippen molar-refractivity contribution in [1.82, 2.24) is 9.97 Å². The maximum atomic E-state index is 5.53. The standard InChI is InChI=1S/C14H13N3OS/c1-9-6-12(10(2)18-9)13-8-19-14(17-13)16-11-4-3-5-15-7-11/h3-8H,1-2H3,(H,16,17). The molecule has 3 aromatic rings. The highest BCUT2D eigenvalue weighted by Crippen LogP contribution is 2.30. The first-order chi connectivity index (χ1) is 9.22. The molecule has 0 aromatic carbocycles. The Hall–Kier alpha value is -2.14. The largest absolute Gasteiger partial charge is 0.466 e. The van der Waals surface area contributed by atoms with Gasteiger partial charge in [0.05, 0.1) is 17.6 Å². The van der Waals surface area contributed by atoms with Crippen molar-refractivity contribution < 1.29 is 4.42 Å². The van der Waals surface area contributed by atoms with Gasteiger partial charge in [0.15, 0.2) is 5.13 Å². The van der Waals surface area contributed by atoms with Crippen molar-refractivity contribution in [3.8, 4) is 11.3 Å². The molecule has 19 heavy (non-hydrogen) atoms. The van der Waals surface area contributed by atoms with Crippen LogP contribution in [0.15, 0.2) is 40.4 Å². The van der Waals surface area contributed by atoms with Gasteiger partial charge in [-0.1, -0.05) is 0 Å². The molecule has 0 saturated heterocycles. The van der Waals surface area contributed by atoms with Crippen molar-refractivity contribution in [3.63, 3.8) is 0 Å². The second-order valence-electron chi connectivity index (χ2n) is 4.23. The van der Waals surface area contributed by atoms with E-state index >= 15 is 0 Å². The quantitative estimate of drug-likeness (QED) is 0.777. The number of nitrogens with one attached hydrogen (secondary N) is 1. The molecular formula is C14H13N3OS. The molecule has 3 aromatic heterocycles. The van der Waals surface area contributed by atoms with E-state index in [1.54, 1.807) is 23.7 Å². The molecule has 0 atom stereocenters. The third-order valence-corrected chi connectivity index (χ3v) is 3.49. The number of hydrogen-bond acceptors (Lipinski definition) is 5. The third kappa shape index (κ3) is 2.51. The molecule has 0 unspecified atom stereocenters. The van der Waals surface area contributed by atoms with Crippen LogP contribution in [0.4, 0.5) is 10.8 Å². The van der Waals surface area contributed by atoms with Gasteiger partial charge in [-0.25, -0.2) is 4.98 Å². The first kappa shape index (κ1) is 11.9. The van der Waals surface area contributed by atoms with Crippen molar-refractivity contribution in [2.45, 2.75) is 13.8 Å². The summed E-state index contributed by atoms with van der Waals surface area (Å²) in [5.41, 5.74) is 2.92. The molecule has 0 bridgehead atoms. The molecule has 0 aliphatic rings. The smallest absolute Gasteiger partial charge is 0.187 e. The highest BCUT2D eigenvalue weighted by Gasteiger charge is 2.11. The Morgan fingerprint density at radius 1 is 1.32 bits per heavy atom. The van der Waals surface area contributed by atoms with Gasteiger partial charge in [-0.15, -0.1) is 11.3 Å². The first-order valence-electron chi connectivity index (χ1n) is 5.92. The van der Waals surface area contributed by atoms with Crippen LogP contribution in [-0.4, -0.2) is 9.97 Å². The Bertz CT molecular complexity index is 688. The molecule has 0 spiro atoms. The van der Waals surface area contributed by atoms with Gasteiger partial charge < -0.3 is 9.73 Å². The van der Waals surface area contributed by atoms with Crippen LogP contribution >= 0.6 is 11.3 Å². The Balaban J connectivity index is 1.86. The van der Waals surface area contributed by atoms with Crippen LogP contribution < -0.4 is 5.32 Å². The van der Waals surface area contributed by atoms with Crippen LogP contribution in [0.2, 0.25) is 0 Å². The van der Waals surface area contributed by atoms with Crippen molar-refractivity contribution in [3.05, 3.63) is 47.5 Å². The lowest BCUT2D eigenvalue weighted by Crippen LogP contribution is -1.89. The average molecular weight is 271 g/mol. The molecule has 0 aliphatic heterocycles. The zero-order chi connectivity index (χ0) is 13.2. The fourth-order valence-electron chi connectivity index (χ4n) is 1.90. The van der Waals surface area contributed by atoms with Gasteiger partial charge in [0, 0.05) is 17.1 Å².